The lowest BCUT2D eigenvalue weighted by Gasteiger charge is -2.35. The molecule has 0 saturated carbocycles. The average Bonchev–Trinajstić information content (AvgIpc) is 2.80. The van der Waals surface area contributed by atoms with Crippen LogP contribution in [0.2, 0.25) is 0 Å². The van der Waals surface area contributed by atoms with Crippen LogP contribution in [0.4, 0.5) is 4.79 Å². The highest BCUT2D eigenvalue weighted by molar-refractivity contribution is 8.00. The number of urea groups is 1. The van der Waals surface area contributed by atoms with Crippen LogP contribution in [-0.2, 0) is 4.79 Å². The van der Waals surface area contributed by atoms with Crippen molar-refractivity contribution in [2.45, 2.75) is 64.4 Å². The molecule has 1 N–H and O–H groups in total. The number of carbonyl (C=O) groups excluding carboxylic acids is 1. The summed E-state index contributed by atoms with van der Waals surface area (Å²) < 4.78 is 0. The van der Waals surface area contributed by atoms with E-state index < -0.39 is 12.0 Å². The van der Waals surface area contributed by atoms with Crippen molar-refractivity contribution in [3.8, 4) is 0 Å². The van der Waals surface area contributed by atoms with E-state index >= 15 is 0 Å². The summed E-state index contributed by atoms with van der Waals surface area (Å²) in [7, 11) is 0. The van der Waals surface area contributed by atoms with Gasteiger partial charge < -0.3 is 10.0 Å². The Balaban J connectivity index is 2.88. The minimum absolute atomic E-state index is 0.0724. The lowest BCUT2D eigenvalue weighted by Crippen LogP contribution is -2.53. The fourth-order valence-corrected chi connectivity index (χ4v) is 3.49. The van der Waals surface area contributed by atoms with E-state index in [9.17, 15) is 14.7 Å². The number of amides is 2. The van der Waals surface area contributed by atoms with Gasteiger partial charge >= 0.3 is 12.0 Å². The SMILES string of the molecule is CCCCN(C(=O)N1C(C)SCC1C(=O)O)C(C)CC. The largest absolute Gasteiger partial charge is 0.480 e. The highest BCUT2D eigenvalue weighted by Gasteiger charge is 2.41. The highest BCUT2D eigenvalue weighted by atomic mass is 32.2. The van der Waals surface area contributed by atoms with E-state index in [2.05, 4.69) is 6.92 Å². The van der Waals surface area contributed by atoms with Gasteiger partial charge in [-0.1, -0.05) is 20.3 Å². The average molecular weight is 302 g/mol. The van der Waals surface area contributed by atoms with E-state index in [0.29, 0.717) is 12.3 Å². The summed E-state index contributed by atoms with van der Waals surface area (Å²) in [6.45, 7) is 8.77. The van der Waals surface area contributed by atoms with Crippen LogP contribution >= 0.6 is 11.8 Å². The minimum Gasteiger partial charge on any atom is -0.480 e. The van der Waals surface area contributed by atoms with Crippen LogP contribution in [0.5, 0.6) is 0 Å². The number of carboxylic acid groups (broad SMARTS) is 1. The van der Waals surface area contributed by atoms with Gasteiger partial charge in [0.1, 0.15) is 6.04 Å². The molecule has 3 unspecified atom stereocenters. The van der Waals surface area contributed by atoms with Crippen LogP contribution in [-0.4, -0.2) is 56.7 Å². The number of aliphatic carboxylic acids is 1. The molecule has 0 aromatic heterocycles. The fraction of sp³-hybridized carbons (Fsp3) is 0.857. The van der Waals surface area contributed by atoms with Crippen LogP contribution in [0, 0.1) is 0 Å². The molecule has 2 amide bonds. The standard InChI is InChI=1S/C14H26N2O3S/c1-5-7-8-15(10(3)6-2)14(19)16-11(4)20-9-12(16)13(17)18/h10-12H,5-9H2,1-4H3,(H,17,18). The number of hydrogen-bond donors (Lipinski definition) is 1. The molecular formula is C14H26N2O3S. The number of carbonyl (C=O) groups is 2. The van der Waals surface area contributed by atoms with Crippen molar-refractivity contribution in [1.29, 1.82) is 0 Å². The molecule has 0 aromatic carbocycles. The number of thioether (sulfide) groups is 1. The van der Waals surface area contributed by atoms with Crippen LogP contribution in [0.15, 0.2) is 0 Å². The van der Waals surface area contributed by atoms with Crippen molar-refractivity contribution in [3.05, 3.63) is 0 Å². The first-order valence-electron chi connectivity index (χ1n) is 7.37. The summed E-state index contributed by atoms with van der Waals surface area (Å²) >= 11 is 1.53. The van der Waals surface area contributed by atoms with Crippen molar-refractivity contribution in [1.82, 2.24) is 9.80 Å². The third-order valence-corrected chi connectivity index (χ3v) is 5.07. The predicted octanol–water partition coefficient (Wildman–Crippen LogP) is 2.86. The van der Waals surface area contributed by atoms with Crippen LogP contribution in [0.25, 0.3) is 0 Å². The van der Waals surface area contributed by atoms with Gasteiger partial charge in [0.05, 0.1) is 5.37 Å². The molecule has 5 nitrogen and oxygen atoms in total. The molecule has 20 heavy (non-hydrogen) atoms. The van der Waals surface area contributed by atoms with E-state index in [0.717, 1.165) is 19.3 Å². The first-order chi connectivity index (χ1) is 9.43. The Hall–Kier alpha value is -0.910. The Morgan fingerprint density at radius 1 is 1.45 bits per heavy atom. The second-order valence-electron chi connectivity index (χ2n) is 5.28. The molecule has 1 saturated heterocycles. The predicted molar refractivity (Wildman–Crippen MR) is 81.9 cm³/mol. The van der Waals surface area contributed by atoms with Crippen molar-refractivity contribution >= 4 is 23.8 Å². The van der Waals surface area contributed by atoms with Crippen molar-refractivity contribution in [2.75, 3.05) is 12.3 Å². The number of unbranched alkanes of at least 4 members (excludes halogenated alkanes) is 1. The molecule has 0 bridgehead atoms. The third-order valence-electron chi connectivity index (χ3n) is 3.85. The molecule has 1 aliphatic rings. The van der Waals surface area contributed by atoms with Crippen molar-refractivity contribution in [2.24, 2.45) is 0 Å². The monoisotopic (exact) mass is 302 g/mol. The third kappa shape index (κ3) is 3.81. The maximum atomic E-state index is 12.8. The maximum Gasteiger partial charge on any atom is 0.327 e. The summed E-state index contributed by atoms with van der Waals surface area (Å²) in [5.74, 6) is -0.431. The van der Waals surface area contributed by atoms with Gasteiger partial charge in [0, 0.05) is 18.3 Å². The fourth-order valence-electron chi connectivity index (χ4n) is 2.33. The summed E-state index contributed by atoms with van der Waals surface area (Å²) in [6.07, 6.45) is 2.85. The molecule has 1 fully saturated rings. The number of rotatable bonds is 6. The van der Waals surface area contributed by atoms with Crippen molar-refractivity contribution in [3.63, 3.8) is 0 Å². The van der Waals surface area contributed by atoms with E-state index in [1.807, 2.05) is 25.7 Å². The Labute approximate surface area is 125 Å². The van der Waals surface area contributed by atoms with Gasteiger partial charge in [0.25, 0.3) is 0 Å². The topological polar surface area (TPSA) is 60.9 Å². The smallest absolute Gasteiger partial charge is 0.327 e. The quantitative estimate of drug-likeness (QED) is 0.819. The van der Waals surface area contributed by atoms with Crippen LogP contribution in [0.3, 0.4) is 0 Å². The minimum atomic E-state index is -0.908. The number of carboxylic acids is 1. The number of nitrogens with zero attached hydrogens (tertiary/aromatic N) is 2. The van der Waals surface area contributed by atoms with Gasteiger partial charge in [-0.2, -0.15) is 0 Å². The molecule has 0 aliphatic carbocycles. The van der Waals surface area contributed by atoms with E-state index in [-0.39, 0.29) is 17.4 Å². The van der Waals surface area contributed by atoms with Crippen LogP contribution < -0.4 is 0 Å². The Morgan fingerprint density at radius 3 is 2.60 bits per heavy atom. The van der Waals surface area contributed by atoms with E-state index in [1.54, 1.807) is 0 Å². The second kappa shape index (κ2) is 7.76. The molecular weight excluding hydrogens is 276 g/mol. The van der Waals surface area contributed by atoms with Gasteiger partial charge in [0.15, 0.2) is 0 Å². The Morgan fingerprint density at radius 2 is 2.10 bits per heavy atom. The zero-order valence-electron chi connectivity index (χ0n) is 12.8. The van der Waals surface area contributed by atoms with Gasteiger partial charge in [0.2, 0.25) is 0 Å². The molecule has 1 aliphatic heterocycles. The van der Waals surface area contributed by atoms with E-state index in [4.69, 9.17) is 0 Å². The van der Waals surface area contributed by atoms with Gasteiger partial charge in [-0.3, -0.25) is 4.90 Å². The zero-order chi connectivity index (χ0) is 15.3. The summed E-state index contributed by atoms with van der Waals surface area (Å²) in [5.41, 5.74) is 0. The van der Waals surface area contributed by atoms with Gasteiger partial charge in [-0.25, -0.2) is 9.59 Å². The lowest BCUT2D eigenvalue weighted by molar-refractivity contribution is -0.141. The molecule has 0 aromatic rings. The molecule has 1 rings (SSSR count). The molecule has 1 heterocycles. The normalized spacial score (nSPS) is 23.7. The van der Waals surface area contributed by atoms with Crippen molar-refractivity contribution < 1.29 is 14.7 Å². The highest BCUT2D eigenvalue weighted by Crippen LogP contribution is 2.30. The van der Waals surface area contributed by atoms with Gasteiger partial charge in [-0.05, 0) is 26.7 Å². The summed E-state index contributed by atoms with van der Waals surface area (Å²) in [6, 6.07) is -0.685. The van der Waals surface area contributed by atoms with E-state index in [1.165, 1.54) is 16.7 Å². The first kappa shape index (κ1) is 17.1. The summed E-state index contributed by atoms with van der Waals surface area (Å²) in [4.78, 5) is 27.4. The maximum absolute atomic E-state index is 12.8. The number of hydrogen-bond acceptors (Lipinski definition) is 3. The molecule has 3 atom stereocenters. The Bertz CT molecular complexity index is 351. The lowest BCUT2D eigenvalue weighted by atomic mass is 10.2. The molecule has 0 radical (unpaired) electrons. The second-order valence-corrected chi connectivity index (χ2v) is 6.63. The molecule has 6 heteroatoms. The zero-order valence-corrected chi connectivity index (χ0v) is 13.7. The van der Waals surface area contributed by atoms with Gasteiger partial charge in [-0.15, -0.1) is 11.8 Å². The molecule has 0 spiro atoms. The molecule has 116 valence electrons. The Kier molecular flexibility index (Phi) is 6.65. The first-order valence-corrected chi connectivity index (χ1v) is 8.42. The summed E-state index contributed by atoms with van der Waals surface area (Å²) in [5, 5.41) is 9.21. The van der Waals surface area contributed by atoms with Crippen LogP contribution in [0.1, 0.15) is 47.0 Å².